The third kappa shape index (κ3) is 2.96. The summed E-state index contributed by atoms with van der Waals surface area (Å²) in [4.78, 5) is 9.31. The molecule has 1 saturated heterocycles. The molecule has 1 fully saturated rings. The Hall–Kier alpha value is -1.13. The fraction of sp³-hybridized carbons (Fsp3) is 0.615. The Morgan fingerprint density at radius 2 is 2.00 bits per heavy atom. The van der Waals surface area contributed by atoms with E-state index in [1.54, 1.807) is 0 Å². The van der Waals surface area contributed by atoms with Crippen LogP contribution in [0.4, 0.5) is 5.82 Å². The SMILES string of the molecule is CCN1CCN(c2ccc(C(C)N)cn2)CC1. The molecule has 0 radical (unpaired) electrons. The van der Waals surface area contributed by atoms with Crippen molar-refractivity contribution in [1.29, 1.82) is 0 Å². The molecule has 1 aromatic rings. The molecule has 4 nitrogen and oxygen atoms in total. The molecule has 1 aliphatic heterocycles. The van der Waals surface area contributed by atoms with E-state index in [2.05, 4.69) is 33.8 Å². The standard InChI is InChI=1S/C13H22N4/c1-3-16-6-8-17(9-7-16)13-5-4-12(10-15-13)11(2)14/h4-5,10-11H,3,6-9,14H2,1-2H3. The Morgan fingerprint density at radius 1 is 1.29 bits per heavy atom. The third-order valence-electron chi connectivity index (χ3n) is 3.44. The van der Waals surface area contributed by atoms with Crippen molar-refractivity contribution in [2.45, 2.75) is 19.9 Å². The summed E-state index contributed by atoms with van der Waals surface area (Å²) in [5, 5.41) is 0. The Morgan fingerprint density at radius 3 is 2.47 bits per heavy atom. The molecule has 1 aromatic heterocycles. The first-order valence-electron chi connectivity index (χ1n) is 6.39. The quantitative estimate of drug-likeness (QED) is 0.855. The fourth-order valence-electron chi connectivity index (χ4n) is 2.15. The molecule has 1 aliphatic rings. The highest BCUT2D eigenvalue weighted by Gasteiger charge is 2.16. The zero-order chi connectivity index (χ0) is 12.3. The summed E-state index contributed by atoms with van der Waals surface area (Å²) >= 11 is 0. The highest BCUT2D eigenvalue weighted by atomic mass is 15.3. The molecule has 2 N–H and O–H groups in total. The minimum atomic E-state index is 0.0634. The van der Waals surface area contributed by atoms with Crippen LogP contribution in [0.25, 0.3) is 0 Å². The van der Waals surface area contributed by atoms with Gasteiger partial charge in [0.05, 0.1) is 0 Å². The molecule has 0 aliphatic carbocycles. The molecule has 94 valence electrons. The number of anilines is 1. The number of hydrogen-bond acceptors (Lipinski definition) is 4. The topological polar surface area (TPSA) is 45.4 Å². The van der Waals surface area contributed by atoms with Gasteiger partial charge in [-0.05, 0) is 25.1 Å². The second-order valence-corrected chi connectivity index (χ2v) is 4.66. The Balaban J connectivity index is 1.99. The van der Waals surface area contributed by atoms with Crippen molar-refractivity contribution in [3.8, 4) is 0 Å². The van der Waals surface area contributed by atoms with Crippen molar-refractivity contribution in [3.63, 3.8) is 0 Å². The smallest absolute Gasteiger partial charge is 0.128 e. The summed E-state index contributed by atoms with van der Waals surface area (Å²) in [6.07, 6.45) is 1.90. The van der Waals surface area contributed by atoms with Gasteiger partial charge >= 0.3 is 0 Å². The van der Waals surface area contributed by atoms with Gasteiger partial charge in [-0.1, -0.05) is 13.0 Å². The van der Waals surface area contributed by atoms with Crippen LogP contribution < -0.4 is 10.6 Å². The lowest BCUT2D eigenvalue weighted by Crippen LogP contribution is -2.46. The molecule has 2 heterocycles. The van der Waals surface area contributed by atoms with Crippen molar-refractivity contribution < 1.29 is 0 Å². The van der Waals surface area contributed by atoms with Gasteiger partial charge < -0.3 is 15.5 Å². The number of hydrogen-bond donors (Lipinski definition) is 1. The van der Waals surface area contributed by atoms with Gasteiger partial charge in [0.2, 0.25) is 0 Å². The zero-order valence-corrected chi connectivity index (χ0v) is 10.8. The first kappa shape index (κ1) is 12.3. The van der Waals surface area contributed by atoms with Crippen molar-refractivity contribution in [3.05, 3.63) is 23.9 Å². The van der Waals surface area contributed by atoms with Gasteiger partial charge in [-0.3, -0.25) is 0 Å². The lowest BCUT2D eigenvalue weighted by molar-refractivity contribution is 0.270. The molecule has 4 heteroatoms. The Bertz CT molecular complexity index is 339. The molecule has 0 bridgehead atoms. The van der Waals surface area contributed by atoms with Gasteiger partial charge in [0.15, 0.2) is 0 Å². The average molecular weight is 234 g/mol. The molecule has 17 heavy (non-hydrogen) atoms. The van der Waals surface area contributed by atoms with Crippen LogP contribution in [0.15, 0.2) is 18.3 Å². The van der Waals surface area contributed by atoms with Crippen LogP contribution in [-0.4, -0.2) is 42.6 Å². The van der Waals surface area contributed by atoms with Crippen LogP contribution in [0.3, 0.4) is 0 Å². The largest absolute Gasteiger partial charge is 0.354 e. The molecular formula is C13H22N4. The van der Waals surface area contributed by atoms with Crippen LogP contribution in [-0.2, 0) is 0 Å². The molecule has 1 atom stereocenters. The molecule has 0 amide bonds. The minimum Gasteiger partial charge on any atom is -0.354 e. The normalized spacial score (nSPS) is 19.4. The maximum Gasteiger partial charge on any atom is 0.128 e. The van der Waals surface area contributed by atoms with Gasteiger partial charge in [0, 0.05) is 38.4 Å². The zero-order valence-electron chi connectivity index (χ0n) is 10.8. The average Bonchev–Trinajstić information content (AvgIpc) is 2.39. The van der Waals surface area contributed by atoms with Crippen LogP contribution in [0, 0.1) is 0 Å². The van der Waals surface area contributed by atoms with Crippen LogP contribution in [0.5, 0.6) is 0 Å². The van der Waals surface area contributed by atoms with Gasteiger partial charge in [0.25, 0.3) is 0 Å². The van der Waals surface area contributed by atoms with Crippen molar-refractivity contribution in [2.24, 2.45) is 5.73 Å². The first-order valence-corrected chi connectivity index (χ1v) is 6.39. The first-order chi connectivity index (χ1) is 8.20. The maximum absolute atomic E-state index is 5.82. The number of pyridine rings is 1. The monoisotopic (exact) mass is 234 g/mol. The molecular weight excluding hydrogens is 212 g/mol. The van der Waals surface area contributed by atoms with Crippen molar-refractivity contribution >= 4 is 5.82 Å². The molecule has 2 rings (SSSR count). The summed E-state index contributed by atoms with van der Waals surface area (Å²) in [7, 11) is 0. The third-order valence-corrected chi connectivity index (χ3v) is 3.44. The highest BCUT2D eigenvalue weighted by Crippen LogP contribution is 2.16. The number of piperazine rings is 1. The second-order valence-electron chi connectivity index (χ2n) is 4.66. The number of nitrogens with two attached hydrogens (primary N) is 1. The predicted molar refractivity (Wildman–Crippen MR) is 71.2 cm³/mol. The Labute approximate surface area is 103 Å². The van der Waals surface area contributed by atoms with Crippen LogP contribution >= 0.6 is 0 Å². The second kappa shape index (κ2) is 5.47. The van der Waals surface area contributed by atoms with Gasteiger partial charge in [0.1, 0.15) is 5.82 Å². The summed E-state index contributed by atoms with van der Waals surface area (Å²) in [6.45, 7) is 9.74. The van der Waals surface area contributed by atoms with E-state index in [4.69, 9.17) is 5.73 Å². The number of nitrogens with zero attached hydrogens (tertiary/aromatic N) is 3. The van der Waals surface area contributed by atoms with E-state index < -0.39 is 0 Å². The summed E-state index contributed by atoms with van der Waals surface area (Å²) in [5.74, 6) is 1.07. The molecule has 0 spiro atoms. The van der Waals surface area contributed by atoms with Gasteiger partial charge in [-0.25, -0.2) is 4.98 Å². The molecule has 0 aromatic carbocycles. The summed E-state index contributed by atoms with van der Waals surface area (Å²) in [6, 6.07) is 4.23. The lowest BCUT2D eigenvalue weighted by Gasteiger charge is -2.34. The molecule has 1 unspecified atom stereocenters. The number of aromatic nitrogens is 1. The van der Waals surface area contributed by atoms with E-state index in [9.17, 15) is 0 Å². The Kier molecular flexibility index (Phi) is 3.97. The van der Waals surface area contributed by atoms with E-state index in [-0.39, 0.29) is 6.04 Å². The number of rotatable bonds is 3. The van der Waals surface area contributed by atoms with Crippen LogP contribution in [0.2, 0.25) is 0 Å². The van der Waals surface area contributed by atoms with E-state index in [1.165, 1.54) is 0 Å². The van der Waals surface area contributed by atoms with Crippen molar-refractivity contribution in [2.75, 3.05) is 37.6 Å². The van der Waals surface area contributed by atoms with E-state index >= 15 is 0 Å². The van der Waals surface area contributed by atoms with E-state index in [1.807, 2.05) is 13.1 Å². The highest BCUT2D eigenvalue weighted by molar-refractivity contribution is 5.40. The summed E-state index contributed by atoms with van der Waals surface area (Å²) in [5.41, 5.74) is 6.92. The van der Waals surface area contributed by atoms with E-state index in [0.717, 1.165) is 44.1 Å². The summed E-state index contributed by atoms with van der Waals surface area (Å²) < 4.78 is 0. The minimum absolute atomic E-state index is 0.0634. The lowest BCUT2D eigenvalue weighted by atomic mass is 10.1. The van der Waals surface area contributed by atoms with Crippen LogP contribution in [0.1, 0.15) is 25.5 Å². The van der Waals surface area contributed by atoms with Gasteiger partial charge in [-0.15, -0.1) is 0 Å². The van der Waals surface area contributed by atoms with E-state index in [0.29, 0.717) is 0 Å². The number of likely N-dealkylation sites (N-methyl/N-ethyl adjacent to an activating group) is 1. The fourth-order valence-corrected chi connectivity index (χ4v) is 2.15. The molecule has 0 saturated carbocycles. The predicted octanol–water partition coefficient (Wildman–Crippen LogP) is 1.24. The maximum atomic E-state index is 5.82. The van der Waals surface area contributed by atoms with Crippen molar-refractivity contribution in [1.82, 2.24) is 9.88 Å². The van der Waals surface area contributed by atoms with Gasteiger partial charge in [-0.2, -0.15) is 0 Å².